The predicted molar refractivity (Wildman–Crippen MR) is 76.0 cm³/mol. The fourth-order valence-corrected chi connectivity index (χ4v) is 2.61. The standard InChI is InChI=1S/C13H26N2O2S/c1-4-8-14-12-6-5-9-15(13(12)16)10-7-11(2)18(3)17/h11-12,14H,4-10H2,1-3H3. The molecule has 1 rings (SSSR count). The molecule has 106 valence electrons. The van der Waals surface area contributed by atoms with Gasteiger partial charge in [0.2, 0.25) is 5.91 Å². The van der Waals surface area contributed by atoms with Gasteiger partial charge in [0, 0.05) is 35.4 Å². The Morgan fingerprint density at radius 3 is 2.89 bits per heavy atom. The van der Waals surface area contributed by atoms with E-state index in [9.17, 15) is 9.00 Å². The van der Waals surface area contributed by atoms with Crippen molar-refractivity contribution in [3.8, 4) is 0 Å². The number of hydrogen-bond acceptors (Lipinski definition) is 3. The summed E-state index contributed by atoms with van der Waals surface area (Å²) in [4.78, 5) is 14.1. The van der Waals surface area contributed by atoms with Crippen LogP contribution in [0, 0.1) is 0 Å². The molecular weight excluding hydrogens is 248 g/mol. The highest BCUT2D eigenvalue weighted by Crippen LogP contribution is 2.13. The number of nitrogens with one attached hydrogen (secondary N) is 1. The van der Waals surface area contributed by atoms with Crippen molar-refractivity contribution in [2.24, 2.45) is 0 Å². The Morgan fingerprint density at radius 1 is 1.56 bits per heavy atom. The number of likely N-dealkylation sites (tertiary alicyclic amines) is 1. The summed E-state index contributed by atoms with van der Waals surface area (Å²) in [6, 6.07) is 0.00105. The van der Waals surface area contributed by atoms with E-state index in [0.717, 1.165) is 45.3 Å². The second-order valence-corrected chi connectivity index (χ2v) is 6.87. The summed E-state index contributed by atoms with van der Waals surface area (Å²) in [5.74, 6) is 0.226. The maximum atomic E-state index is 12.2. The summed E-state index contributed by atoms with van der Waals surface area (Å²) < 4.78 is 11.3. The van der Waals surface area contributed by atoms with Crippen molar-refractivity contribution in [1.82, 2.24) is 10.2 Å². The van der Waals surface area contributed by atoms with Gasteiger partial charge >= 0.3 is 0 Å². The van der Waals surface area contributed by atoms with Crippen molar-refractivity contribution in [2.75, 3.05) is 25.9 Å². The fourth-order valence-electron chi connectivity index (χ4n) is 2.17. The normalized spacial score (nSPS) is 24.1. The SMILES string of the molecule is CCCNC1CCCN(CCC(C)S(C)=O)C1=O. The van der Waals surface area contributed by atoms with Gasteiger partial charge in [0.15, 0.2) is 0 Å². The Balaban J connectivity index is 2.40. The summed E-state index contributed by atoms with van der Waals surface area (Å²) in [5, 5.41) is 3.48. The van der Waals surface area contributed by atoms with Crippen LogP contribution < -0.4 is 5.32 Å². The smallest absolute Gasteiger partial charge is 0.239 e. The highest BCUT2D eigenvalue weighted by atomic mass is 32.2. The average Bonchev–Trinajstić information content (AvgIpc) is 2.35. The molecule has 1 amide bonds. The second kappa shape index (κ2) is 7.89. The summed E-state index contributed by atoms with van der Waals surface area (Å²) in [6.07, 6.45) is 5.63. The topological polar surface area (TPSA) is 49.4 Å². The Labute approximate surface area is 113 Å². The number of hydrogen-bond donors (Lipinski definition) is 1. The van der Waals surface area contributed by atoms with Crippen LogP contribution in [0.15, 0.2) is 0 Å². The first-order valence-corrected chi connectivity index (χ1v) is 8.52. The van der Waals surface area contributed by atoms with E-state index < -0.39 is 10.8 Å². The summed E-state index contributed by atoms with van der Waals surface area (Å²) in [6.45, 7) is 6.59. The van der Waals surface area contributed by atoms with E-state index in [1.54, 1.807) is 6.26 Å². The zero-order valence-corrected chi connectivity index (χ0v) is 12.6. The van der Waals surface area contributed by atoms with Crippen LogP contribution in [-0.2, 0) is 15.6 Å². The first-order chi connectivity index (χ1) is 8.56. The third-order valence-corrected chi connectivity index (χ3v) is 4.91. The van der Waals surface area contributed by atoms with Gasteiger partial charge in [0.05, 0.1) is 6.04 Å². The van der Waals surface area contributed by atoms with Gasteiger partial charge in [-0.2, -0.15) is 0 Å². The lowest BCUT2D eigenvalue weighted by atomic mass is 10.0. The Hall–Kier alpha value is -0.420. The summed E-state index contributed by atoms with van der Waals surface area (Å²) >= 11 is 0. The molecule has 0 aromatic rings. The van der Waals surface area contributed by atoms with E-state index in [1.807, 2.05) is 11.8 Å². The van der Waals surface area contributed by atoms with Crippen LogP contribution in [0.2, 0.25) is 0 Å². The summed E-state index contributed by atoms with van der Waals surface area (Å²) in [5.41, 5.74) is 0. The molecular formula is C13H26N2O2S. The molecule has 0 spiro atoms. The molecule has 3 unspecified atom stereocenters. The van der Waals surface area contributed by atoms with Crippen LogP contribution in [0.5, 0.6) is 0 Å². The number of carbonyl (C=O) groups is 1. The number of nitrogens with zero attached hydrogens (tertiary/aromatic N) is 1. The zero-order valence-electron chi connectivity index (χ0n) is 11.8. The average molecular weight is 274 g/mol. The maximum absolute atomic E-state index is 12.2. The molecule has 1 heterocycles. The van der Waals surface area contributed by atoms with Gasteiger partial charge in [-0.1, -0.05) is 13.8 Å². The van der Waals surface area contributed by atoms with E-state index >= 15 is 0 Å². The molecule has 1 N–H and O–H groups in total. The molecule has 0 saturated carbocycles. The highest BCUT2D eigenvalue weighted by Gasteiger charge is 2.28. The highest BCUT2D eigenvalue weighted by molar-refractivity contribution is 7.84. The predicted octanol–water partition coefficient (Wildman–Crippen LogP) is 1.13. The number of amides is 1. The van der Waals surface area contributed by atoms with Gasteiger partial charge < -0.3 is 10.2 Å². The van der Waals surface area contributed by atoms with Crippen molar-refractivity contribution in [3.63, 3.8) is 0 Å². The van der Waals surface area contributed by atoms with Gasteiger partial charge in [-0.3, -0.25) is 9.00 Å². The first-order valence-electron chi connectivity index (χ1n) is 6.90. The molecule has 0 radical (unpaired) electrons. The van der Waals surface area contributed by atoms with Gasteiger partial charge in [-0.15, -0.1) is 0 Å². The van der Waals surface area contributed by atoms with Gasteiger partial charge in [-0.25, -0.2) is 0 Å². The Kier molecular flexibility index (Phi) is 6.86. The van der Waals surface area contributed by atoms with Crippen LogP contribution in [0.4, 0.5) is 0 Å². The molecule has 1 fully saturated rings. The minimum atomic E-state index is -0.793. The lowest BCUT2D eigenvalue weighted by Gasteiger charge is -2.33. The molecule has 3 atom stereocenters. The molecule has 0 aliphatic carbocycles. The molecule has 0 bridgehead atoms. The lowest BCUT2D eigenvalue weighted by Crippen LogP contribution is -2.51. The third kappa shape index (κ3) is 4.69. The second-order valence-electron chi connectivity index (χ2n) is 5.07. The van der Waals surface area contributed by atoms with E-state index in [2.05, 4.69) is 12.2 Å². The minimum absolute atomic E-state index is 0.00105. The first kappa shape index (κ1) is 15.6. The lowest BCUT2D eigenvalue weighted by molar-refractivity contribution is -0.136. The van der Waals surface area contributed by atoms with Crippen molar-refractivity contribution in [3.05, 3.63) is 0 Å². The van der Waals surface area contributed by atoms with Crippen LogP contribution >= 0.6 is 0 Å². The van der Waals surface area contributed by atoms with E-state index in [4.69, 9.17) is 0 Å². The number of piperidine rings is 1. The third-order valence-electron chi connectivity index (χ3n) is 3.54. The quantitative estimate of drug-likeness (QED) is 0.757. The van der Waals surface area contributed by atoms with Gasteiger partial charge in [0.25, 0.3) is 0 Å². The van der Waals surface area contributed by atoms with Gasteiger partial charge in [-0.05, 0) is 32.2 Å². The zero-order chi connectivity index (χ0) is 13.5. The van der Waals surface area contributed by atoms with Crippen LogP contribution in [-0.4, -0.2) is 52.2 Å². The Morgan fingerprint density at radius 2 is 2.28 bits per heavy atom. The van der Waals surface area contributed by atoms with Crippen LogP contribution in [0.1, 0.15) is 39.5 Å². The van der Waals surface area contributed by atoms with Crippen molar-refractivity contribution in [1.29, 1.82) is 0 Å². The monoisotopic (exact) mass is 274 g/mol. The van der Waals surface area contributed by atoms with Crippen LogP contribution in [0.3, 0.4) is 0 Å². The maximum Gasteiger partial charge on any atom is 0.239 e. The molecule has 1 saturated heterocycles. The molecule has 5 heteroatoms. The molecule has 0 aromatic heterocycles. The Bertz CT molecular complexity index is 297. The largest absolute Gasteiger partial charge is 0.341 e. The summed E-state index contributed by atoms with van der Waals surface area (Å²) in [7, 11) is -0.793. The van der Waals surface area contributed by atoms with Crippen molar-refractivity contribution < 1.29 is 9.00 Å². The van der Waals surface area contributed by atoms with Crippen LogP contribution in [0.25, 0.3) is 0 Å². The van der Waals surface area contributed by atoms with Crippen molar-refractivity contribution >= 4 is 16.7 Å². The molecule has 18 heavy (non-hydrogen) atoms. The van der Waals surface area contributed by atoms with E-state index in [1.165, 1.54) is 0 Å². The molecule has 1 aliphatic rings. The molecule has 1 aliphatic heterocycles. The van der Waals surface area contributed by atoms with E-state index in [-0.39, 0.29) is 17.2 Å². The van der Waals surface area contributed by atoms with Crippen molar-refractivity contribution in [2.45, 2.75) is 50.8 Å². The minimum Gasteiger partial charge on any atom is -0.341 e. The number of carbonyl (C=O) groups excluding carboxylic acids is 1. The fraction of sp³-hybridized carbons (Fsp3) is 0.923. The molecule has 0 aromatic carbocycles. The van der Waals surface area contributed by atoms with Gasteiger partial charge in [0.1, 0.15) is 0 Å². The molecule has 4 nitrogen and oxygen atoms in total. The number of rotatable bonds is 7. The van der Waals surface area contributed by atoms with E-state index in [0.29, 0.717) is 0 Å².